The zero-order chi connectivity index (χ0) is 20.6. The highest BCUT2D eigenvalue weighted by molar-refractivity contribution is 14.1. The molecule has 0 unspecified atom stereocenters. The lowest BCUT2D eigenvalue weighted by atomic mass is 9.89. The maximum atomic E-state index is 12.5. The number of hydrogen-bond acceptors (Lipinski definition) is 3. The number of amides is 1. The summed E-state index contributed by atoms with van der Waals surface area (Å²) in [6, 6.07) is 25.4. The van der Waals surface area contributed by atoms with Crippen molar-refractivity contribution >= 4 is 40.2 Å². The molecule has 1 N–H and O–H groups in total. The zero-order valence-electron chi connectivity index (χ0n) is 16.1. The van der Waals surface area contributed by atoms with Crippen LogP contribution in [0.5, 0.6) is 0 Å². The van der Waals surface area contributed by atoms with E-state index < -0.39 is 5.97 Å². The third-order valence-corrected chi connectivity index (χ3v) is 5.27. The number of carbonyl (C=O) groups excluding carboxylic acids is 2. The molecule has 3 aromatic rings. The number of esters is 1. The fourth-order valence-corrected chi connectivity index (χ4v) is 3.77. The molecule has 29 heavy (non-hydrogen) atoms. The van der Waals surface area contributed by atoms with E-state index in [0.717, 1.165) is 25.9 Å². The average molecular weight is 499 g/mol. The Hall–Kier alpha value is -2.67. The van der Waals surface area contributed by atoms with Crippen LogP contribution in [0.4, 0.5) is 5.69 Å². The second-order valence-corrected chi connectivity index (χ2v) is 7.99. The smallest absolute Gasteiger partial charge is 0.307 e. The van der Waals surface area contributed by atoms with E-state index in [4.69, 9.17) is 4.74 Å². The van der Waals surface area contributed by atoms with E-state index in [1.54, 1.807) is 0 Å². The van der Waals surface area contributed by atoms with Crippen LogP contribution in [-0.4, -0.2) is 18.5 Å². The first kappa shape index (κ1) is 21.0. The van der Waals surface area contributed by atoms with Crippen molar-refractivity contribution in [3.05, 3.63) is 99.1 Å². The number of rotatable bonds is 7. The third-order valence-electron chi connectivity index (χ3n) is 4.60. The molecular formula is C24H22INO3. The first-order chi connectivity index (χ1) is 14.0. The summed E-state index contributed by atoms with van der Waals surface area (Å²) >= 11 is 2.22. The Labute approximate surface area is 184 Å². The minimum atomic E-state index is -0.405. The molecule has 0 fully saturated rings. The van der Waals surface area contributed by atoms with E-state index in [0.29, 0.717) is 0 Å². The van der Waals surface area contributed by atoms with Crippen LogP contribution in [0.2, 0.25) is 0 Å². The van der Waals surface area contributed by atoms with Gasteiger partial charge in [-0.1, -0.05) is 60.7 Å². The van der Waals surface area contributed by atoms with E-state index in [1.165, 1.54) is 0 Å². The predicted octanol–water partition coefficient (Wildman–Crippen LogP) is 5.30. The zero-order valence-corrected chi connectivity index (χ0v) is 18.3. The van der Waals surface area contributed by atoms with E-state index in [-0.39, 0.29) is 24.9 Å². The number of halogens is 1. The summed E-state index contributed by atoms with van der Waals surface area (Å²) in [6.07, 6.45) is 0.171. The standard InChI is InChI=1S/C24H22INO3/c1-17-14-20(25)12-13-22(17)26-23(27)16-29-24(28)15-21(18-8-4-2-5-9-18)19-10-6-3-7-11-19/h2-14,21H,15-16H2,1H3,(H,26,27). The molecule has 148 valence electrons. The van der Waals surface area contributed by atoms with Crippen LogP contribution < -0.4 is 5.32 Å². The number of ether oxygens (including phenoxy) is 1. The van der Waals surface area contributed by atoms with E-state index in [1.807, 2.05) is 85.8 Å². The van der Waals surface area contributed by atoms with Crippen molar-refractivity contribution in [2.24, 2.45) is 0 Å². The SMILES string of the molecule is Cc1cc(I)ccc1NC(=O)COC(=O)CC(c1ccccc1)c1ccccc1. The summed E-state index contributed by atoms with van der Waals surface area (Å²) in [5, 5.41) is 2.79. The minimum absolute atomic E-state index is 0.119. The van der Waals surface area contributed by atoms with Gasteiger partial charge in [0.15, 0.2) is 6.61 Å². The van der Waals surface area contributed by atoms with Crippen LogP contribution in [0.15, 0.2) is 78.9 Å². The first-order valence-electron chi connectivity index (χ1n) is 9.34. The molecule has 0 saturated heterocycles. The van der Waals surface area contributed by atoms with Crippen molar-refractivity contribution in [2.45, 2.75) is 19.3 Å². The summed E-state index contributed by atoms with van der Waals surface area (Å²) in [6.45, 7) is 1.62. The van der Waals surface area contributed by atoms with Crippen LogP contribution >= 0.6 is 22.6 Å². The van der Waals surface area contributed by atoms with Crippen molar-refractivity contribution in [1.82, 2.24) is 0 Å². The predicted molar refractivity (Wildman–Crippen MR) is 123 cm³/mol. The number of benzene rings is 3. The van der Waals surface area contributed by atoms with Crippen LogP contribution in [0.1, 0.15) is 29.0 Å². The molecule has 0 aliphatic carbocycles. The summed E-state index contributed by atoms with van der Waals surface area (Å²) in [7, 11) is 0. The quantitative estimate of drug-likeness (QED) is 0.355. The van der Waals surface area contributed by atoms with E-state index >= 15 is 0 Å². The topological polar surface area (TPSA) is 55.4 Å². The van der Waals surface area contributed by atoms with Gasteiger partial charge in [-0.05, 0) is 64.4 Å². The van der Waals surface area contributed by atoms with Crippen molar-refractivity contribution in [2.75, 3.05) is 11.9 Å². The molecule has 0 bridgehead atoms. The van der Waals surface area contributed by atoms with Gasteiger partial charge in [0.1, 0.15) is 0 Å². The number of anilines is 1. The molecule has 3 rings (SSSR count). The second kappa shape index (κ2) is 10.2. The Morgan fingerprint density at radius 3 is 2.07 bits per heavy atom. The molecule has 0 aliphatic rings. The molecule has 1 amide bonds. The summed E-state index contributed by atoms with van der Waals surface area (Å²) < 4.78 is 6.36. The van der Waals surface area contributed by atoms with Gasteiger partial charge < -0.3 is 10.1 Å². The maximum Gasteiger partial charge on any atom is 0.307 e. The average Bonchev–Trinajstić information content (AvgIpc) is 2.74. The molecule has 0 atom stereocenters. The summed E-state index contributed by atoms with van der Waals surface area (Å²) in [5.41, 5.74) is 3.76. The van der Waals surface area contributed by atoms with Gasteiger partial charge in [-0.2, -0.15) is 0 Å². The maximum absolute atomic E-state index is 12.5. The highest BCUT2D eigenvalue weighted by Gasteiger charge is 2.19. The lowest BCUT2D eigenvalue weighted by molar-refractivity contribution is -0.147. The number of nitrogens with one attached hydrogen (secondary N) is 1. The van der Waals surface area contributed by atoms with Gasteiger partial charge in [-0.3, -0.25) is 9.59 Å². The Morgan fingerprint density at radius 1 is 0.931 bits per heavy atom. The summed E-state index contributed by atoms with van der Waals surface area (Å²) in [5.74, 6) is -0.873. The second-order valence-electron chi connectivity index (χ2n) is 6.75. The van der Waals surface area contributed by atoms with Crippen molar-refractivity contribution in [3.63, 3.8) is 0 Å². The third kappa shape index (κ3) is 6.15. The Morgan fingerprint density at radius 2 is 1.52 bits per heavy atom. The van der Waals surface area contributed by atoms with Gasteiger partial charge >= 0.3 is 5.97 Å². The van der Waals surface area contributed by atoms with Gasteiger partial charge in [0.05, 0.1) is 6.42 Å². The van der Waals surface area contributed by atoms with Gasteiger partial charge in [0.25, 0.3) is 5.91 Å². The summed E-state index contributed by atoms with van der Waals surface area (Å²) in [4.78, 5) is 24.7. The molecule has 0 aliphatic heterocycles. The Balaban J connectivity index is 1.61. The highest BCUT2D eigenvalue weighted by atomic mass is 127. The molecule has 3 aromatic carbocycles. The van der Waals surface area contributed by atoms with Gasteiger partial charge in [-0.25, -0.2) is 0 Å². The molecule has 0 heterocycles. The van der Waals surface area contributed by atoms with Crippen LogP contribution in [0.25, 0.3) is 0 Å². The van der Waals surface area contributed by atoms with Crippen molar-refractivity contribution in [3.8, 4) is 0 Å². The monoisotopic (exact) mass is 499 g/mol. The van der Waals surface area contributed by atoms with Crippen LogP contribution in [0.3, 0.4) is 0 Å². The van der Waals surface area contributed by atoms with Crippen molar-refractivity contribution in [1.29, 1.82) is 0 Å². The van der Waals surface area contributed by atoms with Gasteiger partial charge in [-0.15, -0.1) is 0 Å². The fraction of sp³-hybridized carbons (Fsp3) is 0.167. The molecule has 0 aromatic heterocycles. The Bertz CT molecular complexity index is 934. The number of carbonyl (C=O) groups is 2. The molecule has 0 saturated carbocycles. The normalized spacial score (nSPS) is 10.6. The Kier molecular flexibility index (Phi) is 7.41. The first-order valence-corrected chi connectivity index (χ1v) is 10.4. The molecular weight excluding hydrogens is 477 g/mol. The molecule has 0 radical (unpaired) electrons. The minimum Gasteiger partial charge on any atom is -0.456 e. The van der Waals surface area contributed by atoms with E-state index in [9.17, 15) is 9.59 Å². The lowest BCUT2D eigenvalue weighted by Crippen LogP contribution is -2.22. The van der Waals surface area contributed by atoms with Gasteiger partial charge in [0, 0.05) is 15.2 Å². The molecule has 5 heteroatoms. The fourth-order valence-electron chi connectivity index (χ4n) is 3.12. The molecule has 0 spiro atoms. The molecule has 4 nitrogen and oxygen atoms in total. The number of aryl methyl sites for hydroxylation is 1. The van der Waals surface area contributed by atoms with Crippen LogP contribution in [0, 0.1) is 10.5 Å². The lowest BCUT2D eigenvalue weighted by Gasteiger charge is -2.17. The largest absolute Gasteiger partial charge is 0.456 e. The van der Waals surface area contributed by atoms with Crippen molar-refractivity contribution < 1.29 is 14.3 Å². The highest BCUT2D eigenvalue weighted by Crippen LogP contribution is 2.28. The number of hydrogen-bond donors (Lipinski definition) is 1. The van der Waals surface area contributed by atoms with E-state index in [2.05, 4.69) is 27.9 Å². The van der Waals surface area contributed by atoms with Crippen LogP contribution in [-0.2, 0) is 14.3 Å². The van der Waals surface area contributed by atoms with Gasteiger partial charge in [0.2, 0.25) is 0 Å².